The van der Waals surface area contributed by atoms with E-state index in [-0.39, 0.29) is 0 Å². The average molecular weight is 354 g/mol. The number of hydrogen-bond donors (Lipinski definition) is 2. The molecule has 2 rings (SSSR count). The molecule has 1 amide bonds. The molecule has 0 aliphatic carbocycles. The van der Waals surface area contributed by atoms with E-state index in [4.69, 9.17) is 5.73 Å². The molecule has 1 aliphatic rings. The number of halogens is 1. The number of amides is 1. The van der Waals surface area contributed by atoms with Crippen molar-refractivity contribution in [2.75, 3.05) is 24.5 Å². The summed E-state index contributed by atoms with van der Waals surface area (Å²) in [4.78, 5) is 13.7. The largest absolute Gasteiger partial charge is 0.370 e. The fraction of sp³-hybridized carbons (Fsp3) is 0.562. The summed E-state index contributed by atoms with van der Waals surface area (Å²) in [6.45, 7) is 5.38. The number of nitrogens with zero attached hydrogens (tertiary/aromatic N) is 1. The van der Waals surface area contributed by atoms with E-state index < -0.39 is 5.91 Å². The molecular formula is C16H24BrN3O. The molecule has 1 saturated heterocycles. The van der Waals surface area contributed by atoms with Gasteiger partial charge in [0.15, 0.2) is 0 Å². The van der Waals surface area contributed by atoms with E-state index in [9.17, 15) is 4.79 Å². The summed E-state index contributed by atoms with van der Waals surface area (Å²) >= 11 is 3.45. The maximum atomic E-state index is 11.3. The summed E-state index contributed by atoms with van der Waals surface area (Å²) in [6.07, 6.45) is 4.84. The van der Waals surface area contributed by atoms with Crippen LogP contribution in [0, 0.1) is 0 Å². The van der Waals surface area contributed by atoms with Gasteiger partial charge in [-0.05, 0) is 59.9 Å². The van der Waals surface area contributed by atoms with Crippen LogP contribution < -0.4 is 16.0 Å². The van der Waals surface area contributed by atoms with E-state index in [0.717, 1.165) is 29.8 Å². The van der Waals surface area contributed by atoms with Gasteiger partial charge in [0, 0.05) is 29.3 Å². The van der Waals surface area contributed by atoms with Crippen molar-refractivity contribution in [2.24, 2.45) is 5.73 Å². The minimum absolute atomic E-state index is 0.397. The molecule has 0 saturated carbocycles. The van der Waals surface area contributed by atoms with Crippen LogP contribution in [0.2, 0.25) is 0 Å². The SMILES string of the molecule is CCCCN(CC1CCCN1)c1ccc(C(N)=O)c(Br)c1. The van der Waals surface area contributed by atoms with E-state index >= 15 is 0 Å². The van der Waals surface area contributed by atoms with E-state index in [0.29, 0.717) is 11.6 Å². The van der Waals surface area contributed by atoms with E-state index in [2.05, 4.69) is 33.1 Å². The highest BCUT2D eigenvalue weighted by Gasteiger charge is 2.19. The second-order valence-electron chi connectivity index (χ2n) is 5.62. The first-order valence-electron chi connectivity index (χ1n) is 7.69. The Kier molecular flexibility index (Phi) is 6.06. The number of primary amides is 1. The fourth-order valence-corrected chi connectivity index (χ4v) is 3.32. The predicted molar refractivity (Wildman–Crippen MR) is 90.8 cm³/mol. The quantitative estimate of drug-likeness (QED) is 0.792. The predicted octanol–water partition coefficient (Wildman–Crippen LogP) is 2.91. The lowest BCUT2D eigenvalue weighted by molar-refractivity contribution is 0.0999. The van der Waals surface area contributed by atoms with Crippen LogP contribution in [0.15, 0.2) is 22.7 Å². The standard InChI is InChI=1S/C16H24BrN3O/c1-2-3-9-20(11-12-5-4-8-19-12)13-6-7-14(16(18)21)15(17)10-13/h6-7,10,12,19H,2-5,8-9,11H2,1H3,(H2,18,21). The van der Waals surface area contributed by atoms with Crippen molar-refractivity contribution in [3.8, 4) is 0 Å². The molecule has 116 valence electrons. The normalized spacial score (nSPS) is 17.9. The minimum atomic E-state index is -0.397. The van der Waals surface area contributed by atoms with Crippen molar-refractivity contribution < 1.29 is 4.79 Å². The van der Waals surface area contributed by atoms with Crippen molar-refractivity contribution in [1.29, 1.82) is 0 Å². The number of carbonyl (C=O) groups is 1. The van der Waals surface area contributed by atoms with Gasteiger partial charge in [-0.2, -0.15) is 0 Å². The molecule has 0 bridgehead atoms. The smallest absolute Gasteiger partial charge is 0.249 e. The maximum absolute atomic E-state index is 11.3. The number of nitrogens with one attached hydrogen (secondary N) is 1. The molecule has 3 N–H and O–H groups in total. The van der Waals surface area contributed by atoms with Crippen LogP contribution in [0.5, 0.6) is 0 Å². The zero-order chi connectivity index (χ0) is 15.2. The lowest BCUT2D eigenvalue weighted by Gasteiger charge is -2.28. The second kappa shape index (κ2) is 7.80. The molecule has 0 radical (unpaired) electrons. The van der Waals surface area contributed by atoms with Gasteiger partial charge in [-0.3, -0.25) is 4.79 Å². The van der Waals surface area contributed by atoms with E-state index in [1.165, 1.54) is 25.7 Å². The summed E-state index contributed by atoms with van der Waals surface area (Å²) in [7, 11) is 0. The van der Waals surface area contributed by atoms with Crippen molar-refractivity contribution in [3.05, 3.63) is 28.2 Å². The Labute approximate surface area is 135 Å². The van der Waals surface area contributed by atoms with Gasteiger partial charge in [-0.15, -0.1) is 0 Å². The molecule has 1 atom stereocenters. The first kappa shape index (κ1) is 16.3. The van der Waals surface area contributed by atoms with Gasteiger partial charge in [-0.1, -0.05) is 13.3 Å². The lowest BCUT2D eigenvalue weighted by atomic mass is 10.1. The summed E-state index contributed by atoms with van der Waals surface area (Å²) < 4.78 is 0.772. The number of anilines is 1. The number of hydrogen-bond acceptors (Lipinski definition) is 3. The van der Waals surface area contributed by atoms with Crippen LogP contribution in [-0.2, 0) is 0 Å². The van der Waals surface area contributed by atoms with Gasteiger partial charge in [0.2, 0.25) is 5.91 Å². The number of benzene rings is 1. The van der Waals surface area contributed by atoms with E-state index in [1.807, 2.05) is 18.2 Å². The number of nitrogens with two attached hydrogens (primary N) is 1. The summed E-state index contributed by atoms with van der Waals surface area (Å²) in [5.74, 6) is -0.397. The Morgan fingerprint density at radius 2 is 2.33 bits per heavy atom. The van der Waals surface area contributed by atoms with Crippen LogP contribution >= 0.6 is 15.9 Å². The molecule has 21 heavy (non-hydrogen) atoms. The zero-order valence-corrected chi connectivity index (χ0v) is 14.2. The average Bonchev–Trinajstić information content (AvgIpc) is 2.95. The molecule has 4 nitrogen and oxygen atoms in total. The number of rotatable bonds is 7. The molecule has 1 aliphatic heterocycles. The highest BCUT2D eigenvalue weighted by molar-refractivity contribution is 9.10. The maximum Gasteiger partial charge on any atom is 0.249 e. The Morgan fingerprint density at radius 3 is 2.90 bits per heavy atom. The summed E-state index contributed by atoms with van der Waals surface area (Å²) in [5.41, 5.74) is 7.04. The first-order chi connectivity index (χ1) is 10.1. The Hall–Kier alpha value is -1.07. The van der Waals surface area contributed by atoms with Crippen molar-refractivity contribution in [3.63, 3.8) is 0 Å². The van der Waals surface area contributed by atoms with Crippen LogP contribution in [0.3, 0.4) is 0 Å². The minimum Gasteiger partial charge on any atom is -0.370 e. The number of carbonyl (C=O) groups excluding carboxylic acids is 1. The van der Waals surface area contributed by atoms with Gasteiger partial charge >= 0.3 is 0 Å². The van der Waals surface area contributed by atoms with Crippen LogP contribution in [0.4, 0.5) is 5.69 Å². The zero-order valence-electron chi connectivity index (χ0n) is 12.6. The molecule has 5 heteroatoms. The summed E-state index contributed by atoms with van der Waals surface area (Å²) in [5, 5.41) is 3.55. The highest BCUT2D eigenvalue weighted by Crippen LogP contribution is 2.25. The Balaban J connectivity index is 2.14. The second-order valence-corrected chi connectivity index (χ2v) is 6.48. The van der Waals surface area contributed by atoms with Gasteiger partial charge in [-0.25, -0.2) is 0 Å². The van der Waals surface area contributed by atoms with Gasteiger partial charge in [0.25, 0.3) is 0 Å². The molecule has 1 heterocycles. The molecule has 1 aromatic rings. The van der Waals surface area contributed by atoms with E-state index in [1.54, 1.807) is 0 Å². The lowest BCUT2D eigenvalue weighted by Crippen LogP contribution is -2.38. The molecule has 0 aromatic heterocycles. The third kappa shape index (κ3) is 4.45. The third-order valence-corrected chi connectivity index (χ3v) is 4.62. The van der Waals surface area contributed by atoms with Crippen LogP contribution in [0.1, 0.15) is 43.0 Å². The van der Waals surface area contributed by atoms with Gasteiger partial charge in [0.05, 0.1) is 5.56 Å². The topological polar surface area (TPSA) is 58.4 Å². The van der Waals surface area contributed by atoms with Crippen LogP contribution in [-0.4, -0.2) is 31.6 Å². The third-order valence-electron chi connectivity index (χ3n) is 3.97. The van der Waals surface area contributed by atoms with Crippen molar-refractivity contribution >= 4 is 27.5 Å². The summed E-state index contributed by atoms with van der Waals surface area (Å²) in [6, 6.07) is 6.37. The highest BCUT2D eigenvalue weighted by atomic mass is 79.9. The Bertz CT molecular complexity index is 486. The van der Waals surface area contributed by atoms with Gasteiger partial charge < -0.3 is 16.0 Å². The Morgan fingerprint density at radius 1 is 1.52 bits per heavy atom. The molecule has 1 unspecified atom stereocenters. The fourth-order valence-electron chi connectivity index (χ4n) is 2.75. The van der Waals surface area contributed by atoms with Gasteiger partial charge in [0.1, 0.15) is 0 Å². The van der Waals surface area contributed by atoms with Crippen molar-refractivity contribution in [2.45, 2.75) is 38.6 Å². The number of unbranched alkanes of at least 4 members (excludes halogenated alkanes) is 1. The first-order valence-corrected chi connectivity index (χ1v) is 8.48. The molecule has 1 aromatic carbocycles. The molecule has 0 spiro atoms. The van der Waals surface area contributed by atoms with Crippen molar-refractivity contribution in [1.82, 2.24) is 5.32 Å². The molecule has 1 fully saturated rings. The van der Waals surface area contributed by atoms with Crippen LogP contribution in [0.25, 0.3) is 0 Å². The monoisotopic (exact) mass is 353 g/mol. The molecular weight excluding hydrogens is 330 g/mol.